The Hall–Kier alpha value is -2.22. The number of ether oxygens (including phenoxy) is 2. The summed E-state index contributed by atoms with van der Waals surface area (Å²) < 4.78 is 9.85. The molecule has 32 heavy (non-hydrogen) atoms. The van der Waals surface area contributed by atoms with Gasteiger partial charge < -0.3 is 20.1 Å². The normalized spacial score (nSPS) is 15.2. The maximum Gasteiger partial charge on any atom is 0.283 e. The quantitative estimate of drug-likeness (QED) is 0.163. The zero-order valence-electron chi connectivity index (χ0n) is 20.0. The van der Waals surface area contributed by atoms with Crippen molar-refractivity contribution in [1.29, 1.82) is 0 Å². The van der Waals surface area contributed by atoms with E-state index in [9.17, 15) is 0 Å². The summed E-state index contributed by atoms with van der Waals surface area (Å²) in [7, 11) is 6.68. The number of aliphatic imine (C=N–C) groups is 1. The van der Waals surface area contributed by atoms with Crippen LogP contribution in [0.3, 0.4) is 0 Å². The third-order valence-electron chi connectivity index (χ3n) is 4.88. The summed E-state index contributed by atoms with van der Waals surface area (Å²) in [5, 5.41) is 6.15. The minimum Gasteiger partial charge on any atom is -0.497 e. The maximum absolute atomic E-state index is 5.17. The van der Waals surface area contributed by atoms with Crippen molar-refractivity contribution in [1.82, 2.24) is 15.5 Å². The first-order valence-electron chi connectivity index (χ1n) is 11.1. The summed E-state index contributed by atoms with van der Waals surface area (Å²) in [6.45, 7) is 5.34. The number of rotatable bonds is 10. The average molecular weight is 461 g/mol. The van der Waals surface area contributed by atoms with Gasteiger partial charge in [-0.05, 0) is 62.7 Å². The summed E-state index contributed by atoms with van der Waals surface area (Å²) in [4.78, 5) is 7.17. The van der Waals surface area contributed by atoms with Crippen LogP contribution in [0.4, 0.5) is 0 Å². The largest absolute Gasteiger partial charge is 0.497 e. The van der Waals surface area contributed by atoms with Crippen molar-refractivity contribution >= 4 is 18.7 Å². The van der Waals surface area contributed by atoms with Crippen molar-refractivity contribution in [3.05, 3.63) is 65.1 Å². The van der Waals surface area contributed by atoms with Gasteiger partial charge in [-0.2, -0.15) is 0 Å². The van der Waals surface area contributed by atoms with Crippen LogP contribution in [0.15, 0.2) is 64.5 Å². The highest BCUT2D eigenvalue weighted by atomic mass is 32.1. The second-order valence-electron chi connectivity index (χ2n) is 7.21. The third-order valence-corrected chi connectivity index (χ3v) is 5.17. The first-order chi connectivity index (χ1) is 15.6. The molecule has 178 valence electrons. The third kappa shape index (κ3) is 13.2. The number of benzene rings is 1. The lowest BCUT2D eigenvalue weighted by molar-refractivity contribution is 0.377. The van der Waals surface area contributed by atoms with Crippen molar-refractivity contribution in [3.8, 4) is 5.75 Å². The van der Waals surface area contributed by atoms with E-state index in [0.29, 0.717) is 6.02 Å². The van der Waals surface area contributed by atoms with Crippen LogP contribution in [-0.2, 0) is 11.2 Å². The zero-order chi connectivity index (χ0) is 23.4. The molecule has 1 heterocycles. The highest BCUT2D eigenvalue weighted by Gasteiger charge is 2.08. The average Bonchev–Trinajstić information content (AvgIpc) is 3.34. The molecule has 1 aromatic carbocycles. The smallest absolute Gasteiger partial charge is 0.283 e. The summed E-state index contributed by atoms with van der Waals surface area (Å²) in [5.41, 5.74) is 1.31. The lowest BCUT2D eigenvalue weighted by atomic mass is 10.1. The van der Waals surface area contributed by atoms with Crippen molar-refractivity contribution in [2.24, 2.45) is 4.99 Å². The molecule has 0 atom stereocenters. The van der Waals surface area contributed by atoms with Gasteiger partial charge in [0.05, 0.1) is 14.2 Å². The Kier molecular flexibility index (Phi) is 16.0. The molecular formula is C25H40N4O2S. The molecule has 1 aromatic rings. The summed E-state index contributed by atoms with van der Waals surface area (Å²) in [6.07, 6.45) is 14.2. The number of methoxy groups -OCH3 is 2. The van der Waals surface area contributed by atoms with E-state index in [2.05, 4.69) is 68.3 Å². The monoisotopic (exact) mass is 460 g/mol. The second-order valence-corrected chi connectivity index (χ2v) is 7.73. The summed E-state index contributed by atoms with van der Waals surface area (Å²) in [6, 6.07) is 8.79. The fourth-order valence-corrected chi connectivity index (χ4v) is 3.28. The van der Waals surface area contributed by atoms with Gasteiger partial charge in [0.25, 0.3) is 6.02 Å². The summed E-state index contributed by atoms with van der Waals surface area (Å²) in [5.74, 6) is 0.905. The molecular weight excluding hydrogens is 420 g/mol. The standard InChI is InChI=1S/C21H30N2OS.C4H10N2O/c1-24-20-11-9-19(10-12-20)13-15-22-14-6-8-21(25)7-2-3-16-23-17-4-5-18-23;1-5-4(6-2)7-3/h2-3,6-12,22,25H,4-5,13-18H2,1H3;1-3H3,(H,5,6)/b3-2+,8-6+,21-7-;. The van der Waals surface area contributed by atoms with Crippen LogP contribution in [0.5, 0.6) is 5.75 Å². The molecule has 0 spiro atoms. The molecule has 0 saturated carbocycles. The van der Waals surface area contributed by atoms with E-state index in [1.54, 1.807) is 28.3 Å². The molecule has 0 aliphatic carbocycles. The van der Waals surface area contributed by atoms with Crippen LogP contribution in [0.2, 0.25) is 0 Å². The molecule has 0 bridgehead atoms. The maximum atomic E-state index is 5.17. The van der Waals surface area contributed by atoms with Crippen LogP contribution in [-0.4, -0.2) is 72.0 Å². The molecule has 6 nitrogen and oxygen atoms in total. The van der Waals surface area contributed by atoms with E-state index in [1.165, 1.54) is 31.5 Å². The van der Waals surface area contributed by atoms with Gasteiger partial charge in [0.15, 0.2) is 0 Å². The Labute approximate surface area is 199 Å². The van der Waals surface area contributed by atoms with Crippen molar-refractivity contribution in [2.45, 2.75) is 19.3 Å². The molecule has 1 saturated heterocycles. The second kappa shape index (κ2) is 18.4. The Morgan fingerprint density at radius 2 is 1.88 bits per heavy atom. The fourth-order valence-electron chi connectivity index (χ4n) is 3.09. The molecule has 0 amide bonds. The Balaban J connectivity index is 0.000000633. The molecule has 0 radical (unpaired) electrons. The van der Waals surface area contributed by atoms with Crippen molar-refractivity contribution < 1.29 is 9.47 Å². The van der Waals surface area contributed by atoms with Gasteiger partial charge in [-0.3, -0.25) is 4.90 Å². The van der Waals surface area contributed by atoms with Gasteiger partial charge >= 0.3 is 0 Å². The van der Waals surface area contributed by atoms with Gasteiger partial charge in [-0.25, -0.2) is 4.99 Å². The fraction of sp³-hybridized carbons (Fsp3) is 0.480. The minimum atomic E-state index is 0.556. The first-order valence-corrected chi connectivity index (χ1v) is 11.5. The molecule has 1 aliphatic rings. The number of allylic oxidation sites excluding steroid dienone is 3. The van der Waals surface area contributed by atoms with E-state index in [-0.39, 0.29) is 0 Å². The molecule has 0 aromatic heterocycles. The van der Waals surface area contributed by atoms with Crippen LogP contribution in [0, 0.1) is 0 Å². The Morgan fingerprint density at radius 3 is 2.44 bits per heavy atom. The van der Waals surface area contributed by atoms with Crippen LogP contribution in [0.1, 0.15) is 18.4 Å². The molecule has 1 aliphatic heterocycles. The Morgan fingerprint density at radius 1 is 1.16 bits per heavy atom. The lowest BCUT2D eigenvalue weighted by Crippen LogP contribution is -2.19. The number of nitrogens with one attached hydrogen (secondary N) is 2. The van der Waals surface area contributed by atoms with E-state index < -0.39 is 0 Å². The van der Waals surface area contributed by atoms with Gasteiger partial charge in [-0.1, -0.05) is 36.4 Å². The number of likely N-dealkylation sites (tertiary alicyclic amines) is 1. The molecule has 7 heteroatoms. The molecule has 2 N–H and O–H groups in total. The van der Waals surface area contributed by atoms with Gasteiger partial charge in [0.2, 0.25) is 0 Å². The molecule has 0 unspecified atom stereocenters. The predicted octanol–water partition coefficient (Wildman–Crippen LogP) is 3.69. The van der Waals surface area contributed by atoms with E-state index in [0.717, 1.165) is 36.7 Å². The van der Waals surface area contributed by atoms with E-state index in [4.69, 9.17) is 4.74 Å². The first kappa shape index (κ1) is 27.8. The van der Waals surface area contributed by atoms with Crippen LogP contribution >= 0.6 is 12.6 Å². The number of nitrogens with zero attached hydrogens (tertiary/aromatic N) is 2. The van der Waals surface area contributed by atoms with Crippen LogP contribution < -0.4 is 15.4 Å². The van der Waals surface area contributed by atoms with Gasteiger partial charge in [0, 0.05) is 32.1 Å². The minimum absolute atomic E-state index is 0.556. The SMILES string of the molecule is CN=C(NC)OC.COc1ccc(CCNC/C=C/C(S)=C/C=C/CN2CCCC2)cc1. The van der Waals surface area contributed by atoms with E-state index >= 15 is 0 Å². The lowest BCUT2D eigenvalue weighted by Gasteiger charge is -2.09. The predicted molar refractivity (Wildman–Crippen MR) is 140 cm³/mol. The van der Waals surface area contributed by atoms with E-state index in [1.807, 2.05) is 24.3 Å². The Bertz CT molecular complexity index is 718. The topological polar surface area (TPSA) is 58.1 Å². The number of amidine groups is 1. The molecule has 1 fully saturated rings. The molecule has 2 rings (SSSR count). The summed E-state index contributed by atoms with van der Waals surface area (Å²) >= 11 is 4.48. The highest BCUT2D eigenvalue weighted by Crippen LogP contribution is 2.11. The number of hydrogen-bond acceptors (Lipinski definition) is 6. The number of thiol groups is 1. The highest BCUT2D eigenvalue weighted by molar-refractivity contribution is 7.84. The van der Waals surface area contributed by atoms with Gasteiger partial charge in [-0.15, -0.1) is 12.6 Å². The van der Waals surface area contributed by atoms with Gasteiger partial charge in [0.1, 0.15) is 5.75 Å². The number of hydrogen-bond donors (Lipinski definition) is 3. The van der Waals surface area contributed by atoms with Crippen molar-refractivity contribution in [3.63, 3.8) is 0 Å². The van der Waals surface area contributed by atoms with Crippen molar-refractivity contribution in [2.75, 3.05) is 61.0 Å². The zero-order valence-corrected chi connectivity index (χ0v) is 20.9. The van der Waals surface area contributed by atoms with Crippen LogP contribution in [0.25, 0.3) is 0 Å².